The van der Waals surface area contributed by atoms with Crippen LogP contribution in [0.15, 0.2) is 42.5 Å². The highest BCUT2D eigenvalue weighted by molar-refractivity contribution is 7.92. The van der Waals surface area contributed by atoms with E-state index in [2.05, 4.69) is 43.4 Å². The van der Waals surface area contributed by atoms with Gasteiger partial charge in [-0.25, -0.2) is 8.42 Å². The highest BCUT2D eigenvalue weighted by Gasteiger charge is 2.15. The Morgan fingerprint density at radius 3 is 2.29 bits per heavy atom. The summed E-state index contributed by atoms with van der Waals surface area (Å²) < 4.78 is 24.6. The van der Waals surface area contributed by atoms with E-state index in [1.165, 1.54) is 22.5 Å². The molecule has 0 unspecified atom stereocenters. The highest BCUT2D eigenvalue weighted by atomic mass is 32.2. The maximum atomic E-state index is 12.4. The number of hydrogen-bond donors (Lipinski definition) is 1. The van der Waals surface area contributed by atoms with Crippen LogP contribution in [0.3, 0.4) is 0 Å². The van der Waals surface area contributed by atoms with Crippen LogP contribution in [0.5, 0.6) is 0 Å². The number of rotatable bonds is 8. The lowest BCUT2D eigenvalue weighted by atomic mass is 10.0. The number of amides is 1. The van der Waals surface area contributed by atoms with Gasteiger partial charge in [-0.1, -0.05) is 38.1 Å². The normalized spacial score (nSPS) is 11.5. The molecule has 0 atom stereocenters. The molecule has 0 aliphatic carbocycles. The summed E-state index contributed by atoms with van der Waals surface area (Å²) in [5.74, 6) is 0.382. The molecule has 0 aliphatic rings. The van der Waals surface area contributed by atoms with E-state index in [1.807, 2.05) is 0 Å². The van der Waals surface area contributed by atoms with Gasteiger partial charge in [0.15, 0.2) is 0 Å². The quantitative estimate of drug-likeness (QED) is 0.682. The van der Waals surface area contributed by atoms with Crippen LogP contribution >= 0.6 is 0 Å². The van der Waals surface area contributed by atoms with Crippen LogP contribution in [0.4, 0.5) is 5.69 Å². The molecule has 1 amide bonds. The van der Waals surface area contributed by atoms with Gasteiger partial charge >= 0.3 is 0 Å². The number of hydrogen-bond acceptors (Lipinski definition) is 3. The van der Waals surface area contributed by atoms with Gasteiger partial charge in [-0.2, -0.15) is 0 Å². The van der Waals surface area contributed by atoms with Crippen LogP contribution in [-0.2, 0) is 16.4 Å². The summed E-state index contributed by atoms with van der Waals surface area (Å²) in [5, 5.41) is 2.93. The first kappa shape index (κ1) is 22.0. The van der Waals surface area contributed by atoms with E-state index in [0.29, 0.717) is 23.7 Å². The molecule has 0 bridgehead atoms. The van der Waals surface area contributed by atoms with Crippen molar-refractivity contribution in [1.29, 1.82) is 0 Å². The molecule has 0 fully saturated rings. The lowest BCUT2D eigenvalue weighted by Crippen LogP contribution is -2.27. The zero-order valence-electron chi connectivity index (χ0n) is 17.3. The van der Waals surface area contributed by atoms with Crippen LogP contribution in [0, 0.1) is 6.92 Å². The number of anilines is 1. The molecule has 0 aromatic heterocycles. The Morgan fingerprint density at radius 1 is 1.11 bits per heavy atom. The number of sulfonamides is 1. The second-order valence-electron chi connectivity index (χ2n) is 7.49. The largest absolute Gasteiger partial charge is 0.352 e. The van der Waals surface area contributed by atoms with Crippen molar-refractivity contribution in [2.45, 2.75) is 39.5 Å². The number of carbonyl (C=O) groups is 1. The van der Waals surface area contributed by atoms with Gasteiger partial charge < -0.3 is 5.32 Å². The molecular weight excluding hydrogens is 372 g/mol. The van der Waals surface area contributed by atoms with Crippen molar-refractivity contribution < 1.29 is 13.2 Å². The first-order valence-electron chi connectivity index (χ1n) is 9.51. The SMILES string of the molecule is Cc1cc(C(=O)NCCCc2ccc(C(C)C)cc2)ccc1N(C)S(C)(=O)=O. The standard InChI is InChI=1S/C22H30N2O3S/c1-16(2)19-10-8-18(9-11-19)7-6-14-23-22(25)20-12-13-21(17(3)15-20)24(4)28(5,26)27/h8-13,15-16H,6-7,14H2,1-5H3,(H,23,25). The minimum atomic E-state index is -3.33. The third-order valence-electron chi connectivity index (χ3n) is 4.87. The van der Waals surface area contributed by atoms with Crippen molar-refractivity contribution in [3.8, 4) is 0 Å². The second kappa shape index (κ2) is 9.24. The van der Waals surface area contributed by atoms with Gasteiger partial charge in [0.25, 0.3) is 5.91 Å². The summed E-state index contributed by atoms with van der Waals surface area (Å²) in [6, 6.07) is 13.7. The van der Waals surface area contributed by atoms with Gasteiger partial charge in [0.1, 0.15) is 0 Å². The molecule has 0 saturated carbocycles. The second-order valence-corrected chi connectivity index (χ2v) is 9.50. The fraction of sp³-hybridized carbons (Fsp3) is 0.409. The van der Waals surface area contributed by atoms with E-state index in [-0.39, 0.29) is 5.91 Å². The first-order chi connectivity index (χ1) is 13.1. The van der Waals surface area contributed by atoms with E-state index in [4.69, 9.17) is 0 Å². The van der Waals surface area contributed by atoms with Crippen molar-refractivity contribution in [3.05, 3.63) is 64.7 Å². The fourth-order valence-corrected chi connectivity index (χ4v) is 3.56. The minimum Gasteiger partial charge on any atom is -0.352 e. The Hall–Kier alpha value is -2.34. The van der Waals surface area contributed by atoms with Gasteiger partial charge in [0.2, 0.25) is 10.0 Å². The van der Waals surface area contributed by atoms with Crippen molar-refractivity contribution in [3.63, 3.8) is 0 Å². The topological polar surface area (TPSA) is 66.5 Å². The van der Waals surface area contributed by atoms with Crippen LogP contribution in [0.25, 0.3) is 0 Å². The van der Waals surface area contributed by atoms with Crippen molar-refractivity contribution >= 4 is 21.6 Å². The van der Waals surface area contributed by atoms with E-state index in [1.54, 1.807) is 25.1 Å². The average molecular weight is 403 g/mol. The molecule has 0 spiro atoms. The van der Waals surface area contributed by atoms with Crippen molar-refractivity contribution in [2.75, 3.05) is 24.2 Å². The summed E-state index contributed by atoms with van der Waals surface area (Å²) in [7, 11) is -1.83. The van der Waals surface area contributed by atoms with Gasteiger partial charge in [-0.3, -0.25) is 9.10 Å². The molecule has 6 heteroatoms. The van der Waals surface area contributed by atoms with Crippen LogP contribution in [0.2, 0.25) is 0 Å². The number of nitrogens with zero attached hydrogens (tertiary/aromatic N) is 1. The van der Waals surface area contributed by atoms with Crippen LogP contribution < -0.4 is 9.62 Å². The zero-order valence-corrected chi connectivity index (χ0v) is 18.1. The zero-order chi connectivity index (χ0) is 20.9. The molecule has 152 valence electrons. The summed E-state index contributed by atoms with van der Waals surface area (Å²) in [5.41, 5.74) is 4.44. The van der Waals surface area contributed by atoms with Gasteiger partial charge in [0.05, 0.1) is 11.9 Å². The van der Waals surface area contributed by atoms with E-state index in [9.17, 15) is 13.2 Å². The van der Waals surface area contributed by atoms with Gasteiger partial charge in [-0.15, -0.1) is 0 Å². The predicted octanol–water partition coefficient (Wildman–Crippen LogP) is 3.88. The Morgan fingerprint density at radius 2 is 1.75 bits per heavy atom. The molecule has 0 radical (unpaired) electrons. The lowest BCUT2D eigenvalue weighted by molar-refractivity contribution is 0.0953. The molecule has 2 aromatic rings. The summed E-state index contributed by atoms with van der Waals surface area (Å²) in [6.45, 7) is 6.75. The average Bonchev–Trinajstić information content (AvgIpc) is 2.64. The summed E-state index contributed by atoms with van der Waals surface area (Å²) in [4.78, 5) is 12.4. The number of benzene rings is 2. The third kappa shape index (κ3) is 5.83. The fourth-order valence-electron chi connectivity index (χ4n) is 2.99. The molecule has 2 rings (SSSR count). The molecule has 2 aromatic carbocycles. The lowest BCUT2D eigenvalue weighted by Gasteiger charge is -2.19. The maximum absolute atomic E-state index is 12.4. The summed E-state index contributed by atoms with van der Waals surface area (Å²) >= 11 is 0. The van der Waals surface area contributed by atoms with Crippen molar-refractivity contribution in [1.82, 2.24) is 5.32 Å². The number of aryl methyl sites for hydroxylation is 2. The smallest absolute Gasteiger partial charge is 0.251 e. The molecular formula is C22H30N2O3S. The Kier molecular flexibility index (Phi) is 7.24. The molecule has 5 nitrogen and oxygen atoms in total. The highest BCUT2D eigenvalue weighted by Crippen LogP contribution is 2.22. The van der Waals surface area contributed by atoms with E-state index < -0.39 is 10.0 Å². The predicted molar refractivity (Wildman–Crippen MR) is 116 cm³/mol. The van der Waals surface area contributed by atoms with Crippen molar-refractivity contribution in [2.24, 2.45) is 0 Å². The number of carbonyl (C=O) groups excluding carboxylic acids is 1. The number of nitrogens with one attached hydrogen (secondary N) is 1. The van der Waals surface area contributed by atoms with E-state index in [0.717, 1.165) is 24.7 Å². The molecule has 0 heterocycles. The van der Waals surface area contributed by atoms with Gasteiger partial charge in [-0.05, 0) is 60.6 Å². The molecule has 1 N–H and O–H groups in total. The Labute approximate surface area is 168 Å². The monoisotopic (exact) mass is 402 g/mol. The van der Waals surface area contributed by atoms with E-state index >= 15 is 0 Å². The summed E-state index contributed by atoms with van der Waals surface area (Å²) in [6.07, 6.45) is 2.93. The van der Waals surface area contributed by atoms with Crippen LogP contribution in [0.1, 0.15) is 53.2 Å². The maximum Gasteiger partial charge on any atom is 0.251 e. The van der Waals surface area contributed by atoms with Gasteiger partial charge in [0, 0.05) is 19.2 Å². The minimum absolute atomic E-state index is 0.146. The molecule has 0 aliphatic heterocycles. The molecule has 0 saturated heterocycles. The Bertz CT molecular complexity index is 919. The first-order valence-corrected chi connectivity index (χ1v) is 11.4. The Balaban J connectivity index is 1.88. The third-order valence-corrected chi connectivity index (χ3v) is 6.06. The van der Waals surface area contributed by atoms with Crippen LogP contribution in [-0.4, -0.2) is 34.2 Å². The molecule has 28 heavy (non-hydrogen) atoms.